The lowest BCUT2D eigenvalue weighted by Crippen LogP contribution is -2.23. The fourth-order valence-corrected chi connectivity index (χ4v) is 2.33. The van der Waals surface area contributed by atoms with E-state index in [1.165, 1.54) is 6.07 Å². The van der Waals surface area contributed by atoms with Crippen LogP contribution in [-0.2, 0) is 6.18 Å². The third kappa shape index (κ3) is 2.98. The van der Waals surface area contributed by atoms with Gasteiger partial charge in [0, 0.05) is 11.7 Å². The van der Waals surface area contributed by atoms with Gasteiger partial charge in [0.05, 0.1) is 17.6 Å². The molecule has 1 aromatic rings. The highest BCUT2D eigenvalue weighted by molar-refractivity contribution is 5.48. The topological polar surface area (TPSA) is 35.8 Å². The number of nitrogens with one attached hydrogen (secondary N) is 1. The van der Waals surface area contributed by atoms with Crippen LogP contribution in [-0.4, -0.2) is 6.04 Å². The molecule has 0 saturated heterocycles. The Morgan fingerprint density at radius 1 is 1.26 bits per heavy atom. The molecule has 1 aliphatic rings. The average Bonchev–Trinajstić information content (AvgIpc) is 2.77. The number of hydrogen-bond acceptors (Lipinski definition) is 2. The highest BCUT2D eigenvalue weighted by Gasteiger charge is 2.34. The molecule has 1 saturated carbocycles. The largest absolute Gasteiger partial charge is 0.419 e. The van der Waals surface area contributed by atoms with Crippen molar-refractivity contribution in [2.45, 2.75) is 31.5 Å². The van der Waals surface area contributed by atoms with E-state index in [9.17, 15) is 17.6 Å². The van der Waals surface area contributed by atoms with Crippen LogP contribution in [0.4, 0.5) is 23.2 Å². The van der Waals surface area contributed by atoms with Gasteiger partial charge >= 0.3 is 6.18 Å². The van der Waals surface area contributed by atoms with E-state index in [1.54, 1.807) is 0 Å². The molecule has 19 heavy (non-hydrogen) atoms. The number of alkyl halides is 3. The molecular weight excluding hydrogens is 260 g/mol. The van der Waals surface area contributed by atoms with Gasteiger partial charge in [-0.2, -0.15) is 18.4 Å². The number of hydrogen-bond donors (Lipinski definition) is 1. The zero-order valence-electron chi connectivity index (χ0n) is 9.97. The molecule has 0 heterocycles. The Hall–Kier alpha value is -1.77. The summed E-state index contributed by atoms with van der Waals surface area (Å²) in [5.74, 6) is -1.50. The number of rotatable bonds is 2. The Bertz CT molecular complexity index is 504. The molecule has 0 aromatic heterocycles. The number of nitriles is 1. The van der Waals surface area contributed by atoms with Crippen LogP contribution in [0.5, 0.6) is 0 Å². The van der Waals surface area contributed by atoms with Crippen molar-refractivity contribution in [1.82, 2.24) is 0 Å². The standard InChI is InChI=1S/C13H12F4N2/c14-11-5-4-9(6-10(11)13(15,16)17)19-12-3-1-2-8(12)7-18/h4-6,8,12,19H,1-3H2. The van der Waals surface area contributed by atoms with Gasteiger partial charge in [0.15, 0.2) is 0 Å². The van der Waals surface area contributed by atoms with Gasteiger partial charge in [0.1, 0.15) is 5.82 Å². The van der Waals surface area contributed by atoms with Crippen LogP contribution in [0.3, 0.4) is 0 Å². The van der Waals surface area contributed by atoms with E-state index in [4.69, 9.17) is 5.26 Å². The first-order chi connectivity index (χ1) is 8.91. The van der Waals surface area contributed by atoms with Crippen molar-refractivity contribution >= 4 is 5.69 Å². The normalized spacial score (nSPS) is 23.1. The molecule has 0 spiro atoms. The summed E-state index contributed by atoms with van der Waals surface area (Å²) in [5.41, 5.74) is -1.09. The van der Waals surface area contributed by atoms with Crippen LogP contribution in [0, 0.1) is 23.1 Å². The second-order valence-electron chi connectivity index (χ2n) is 4.61. The number of anilines is 1. The fraction of sp³-hybridized carbons (Fsp3) is 0.462. The number of benzene rings is 1. The summed E-state index contributed by atoms with van der Waals surface area (Å²) in [7, 11) is 0. The van der Waals surface area contributed by atoms with E-state index in [1.807, 2.05) is 0 Å². The van der Waals surface area contributed by atoms with Crippen molar-refractivity contribution in [2.24, 2.45) is 5.92 Å². The zero-order chi connectivity index (χ0) is 14.0. The van der Waals surface area contributed by atoms with Crippen LogP contribution >= 0.6 is 0 Å². The van der Waals surface area contributed by atoms with Gasteiger partial charge < -0.3 is 5.32 Å². The highest BCUT2D eigenvalue weighted by atomic mass is 19.4. The van der Waals surface area contributed by atoms with Crippen LogP contribution in [0.25, 0.3) is 0 Å². The Balaban J connectivity index is 2.20. The van der Waals surface area contributed by atoms with E-state index < -0.39 is 17.6 Å². The Kier molecular flexibility index (Phi) is 3.65. The minimum absolute atomic E-state index is 0.170. The predicted octanol–water partition coefficient (Wildman–Crippen LogP) is 3.95. The third-order valence-electron chi connectivity index (χ3n) is 3.31. The number of nitrogens with zero attached hydrogens (tertiary/aromatic N) is 1. The molecule has 0 amide bonds. The molecule has 1 aromatic carbocycles. The molecule has 1 fully saturated rings. The predicted molar refractivity (Wildman–Crippen MR) is 61.8 cm³/mol. The minimum Gasteiger partial charge on any atom is -0.381 e. The summed E-state index contributed by atoms with van der Waals surface area (Å²) in [6, 6.07) is 4.77. The molecule has 2 unspecified atom stereocenters. The van der Waals surface area contributed by atoms with Crippen molar-refractivity contribution in [3.8, 4) is 6.07 Å². The first-order valence-corrected chi connectivity index (χ1v) is 5.94. The maximum absolute atomic E-state index is 13.1. The van der Waals surface area contributed by atoms with E-state index >= 15 is 0 Å². The van der Waals surface area contributed by atoms with Gasteiger partial charge in [-0.15, -0.1) is 0 Å². The van der Waals surface area contributed by atoms with Crippen LogP contribution in [0.2, 0.25) is 0 Å². The Labute approximate surface area is 108 Å². The van der Waals surface area contributed by atoms with Gasteiger partial charge in [0.2, 0.25) is 0 Å². The highest BCUT2D eigenvalue weighted by Crippen LogP contribution is 2.34. The molecule has 2 nitrogen and oxygen atoms in total. The molecule has 2 atom stereocenters. The van der Waals surface area contributed by atoms with Gasteiger partial charge in [-0.25, -0.2) is 4.39 Å². The van der Waals surface area contributed by atoms with Gasteiger partial charge in [-0.05, 0) is 37.5 Å². The maximum atomic E-state index is 13.1. The van der Waals surface area contributed by atoms with Crippen molar-refractivity contribution in [3.05, 3.63) is 29.6 Å². The molecule has 0 aliphatic heterocycles. The van der Waals surface area contributed by atoms with E-state index in [0.717, 1.165) is 31.4 Å². The van der Waals surface area contributed by atoms with E-state index in [2.05, 4.69) is 11.4 Å². The molecule has 1 aliphatic carbocycles. The maximum Gasteiger partial charge on any atom is 0.419 e. The van der Waals surface area contributed by atoms with Crippen molar-refractivity contribution in [3.63, 3.8) is 0 Å². The van der Waals surface area contributed by atoms with Gasteiger partial charge in [-0.1, -0.05) is 0 Å². The first kappa shape index (κ1) is 13.7. The summed E-state index contributed by atoms with van der Waals surface area (Å²) in [4.78, 5) is 0. The molecule has 6 heteroatoms. The Morgan fingerprint density at radius 2 is 2.00 bits per heavy atom. The summed E-state index contributed by atoms with van der Waals surface area (Å²) in [5, 5.41) is 11.8. The third-order valence-corrected chi connectivity index (χ3v) is 3.31. The molecule has 0 bridgehead atoms. The zero-order valence-corrected chi connectivity index (χ0v) is 9.97. The lowest BCUT2D eigenvalue weighted by Gasteiger charge is -2.18. The van der Waals surface area contributed by atoms with Crippen molar-refractivity contribution in [1.29, 1.82) is 5.26 Å². The Morgan fingerprint density at radius 3 is 2.63 bits per heavy atom. The fourth-order valence-electron chi connectivity index (χ4n) is 2.33. The summed E-state index contributed by atoms with van der Waals surface area (Å²) >= 11 is 0. The lowest BCUT2D eigenvalue weighted by atomic mass is 10.1. The van der Waals surface area contributed by atoms with E-state index in [0.29, 0.717) is 0 Å². The van der Waals surface area contributed by atoms with Crippen molar-refractivity contribution in [2.75, 3.05) is 5.32 Å². The van der Waals surface area contributed by atoms with Crippen LogP contribution in [0.15, 0.2) is 18.2 Å². The second kappa shape index (κ2) is 5.08. The van der Waals surface area contributed by atoms with Crippen molar-refractivity contribution < 1.29 is 17.6 Å². The molecular formula is C13H12F4N2. The summed E-state index contributed by atoms with van der Waals surface area (Å²) in [6.07, 6.45) is -2.38. The quantitative estimate of drug-likeness (QED) is 0.827. The minimum atomic E-state index is -4.72. The molecule has 102 valence electrons. The molecule has 2 rings (SSSR count). The smallest absolute Gasteiger partial charge is 0.381 e. The molecule has 0 radical (unpaired) electrons. The monoisotopic (exact) mass is 272 g/mol. The summed E-state index contributed by atoms with van der Waals surface area (Å²) in [6.45, 7) is 0. The average molecular weight is 272 g/mol. The van der Waals surface area contributed by atoms with Crippen LogP contribution < -0.4 is 5.32 Å². The lowest BCUT2D eigenvalue weighted by molar-refractivity contribution is -0.139. The van der Waals surface area contributed by atoms with Crippen LogP contribution in [0.1, 0.15) is 24.8 Å². The summed E-state index contributed by atoms with van der Waals surface area (Å²) < 4.78 is 50.8. The van der Waals surface area contributed by atoms with Gasteiger partial charge in [-0.3, -0.25) is 0 Å². The van der Waals surface area contributed by atoms with Gasteiger partial charge in [0.25, 0.3) is 0 Å². The second-order valence-corrected chi connectivity index (χ2v) is 4.61. The molecule has 1 N–H and O–H groups in total. The van der Waals surface area contributed by atoms with E-state index in [-0.39, 0.29) is 17.6 Å². The number of halogens is 4. The SMILES string of the molecule is N#CC1CCCC1Nc1ccc(F)c(C(F)(F)F)c1. The first-order valence-electron chi connectivity index (χ1n) is 5.94.